The van der Waals surface area contributed by atoms with Crippen LogP contribution >= 0.6 is 23.4 Å². The van der Waals surface area contributed by atoms with Crippen LogP contribution in [0.1, 0.15) is 47.2 Å². The monoisotopic (exact) mass is 511 g/mol. The van der Waals surface area contributed by atoms with Gasteiger partial charge in [0.15, 0.2) is 11.0 Å². The molecule has 2 amide bonds. The van der Waals surface area contributed by atoms with Gasteiger partial charge in [-0.2, -0.15) is 0 Å². The summed E-state index contributed by atoms with van der Waals surface area (Å²) in [5, 5.41) is 15.9. The molecular weight excluding hydrogens is 482 g/mol. The summed E-state index contributed by atoms with van der Waals surface area (Å²) in [6.07, 6.45) is 1.74. The number of anilines is 1. The molecular formula is C26H30ClN5O2S. The molecule has 0 aliphatic rings. The van der Waals surface area contributed by atoms with Crippen molar-refractivity contribution >= 4 is 40.9 Å². The van der Waals surface area contributed by atoms with E-state index in [1.54, 1.807) is 24.3 Å². The van der Waals surface area contributed by atoms with Gasteiger partial charge in [0.05, 0.1) is 11.8 Å². The topological polar surface area (TPSA) is 88.9 Å². The van der Waals surface area contributed by atoms with E-state index in [1.807, 2.05) is 56.5 Å². The maximum Gasteiger partial charge on any atom is 0.251 e. The van der Waals surface area contributed by atoms with Crippen molar-refractivity contribution in [2.24, 2.45) is 5.92 Å². The minimum absolute atomic E-state index is 0.0588. The van der Waals surface area contributed by atoms with Crippen LogP contribution < -0.4 is 10.6 Å². The largest absolute Gasteiger partial charge is 0.342 e. The second kappa shape index (κ2) is 12.0. The zero-order valence-electron chi connectivity index (χ0n) is 20.3. The van der Waals surface area contributed by atoms with Crippen molar-refractivity contribution in [1.82, 2.24) is 20.1 Å². The number of aryl methyl sites for hydroxylation is 1. The quantitative estimate of drug-likeness (QED) is 0.273. The molecule has 184 valence electrons. The van der Waals surface area contributed by atoms with Crippen molar-refractivity contribution in [2.45, 2.75) is 45.4 Å². The van der Waals surface area contributed by atoms with E-state index in [9.17, 15) is 9.59 Å². The zero-order chi connectivity index (χ0) is 25.5. The molecule has 35 heavy (non-hydrogen) atoms. The van der Waals surface area contributed by atoms with E-state index in [2.05, 4.69) is 27.4 Å². The van der Waals surface area contributed by atoms with Crippen LogP contribution in [0.15, 0.2) is 60.3 Å². The third kappa shape index (κ3) is 6.74. The molecule has 0 fully saturated rings. The summed E-state index contributed by atoms with van der Waals surface area (Å²) in [7, 11) is 0. The Morgan fingerprint density at radius 3 is 2.60 bits per heavy atom. The molecule has 7 nitrogen and oxygen atoms in total. The van der Waals surface area contributed by atoms with Crippen LogP contribution in [-0.4, -0.2) is 32.3 Å². The van der Waals surface area contributed by atoms with Crippen LogP contribution in [0.4, 0.5) is 5.69 Å². The molecule has 1 aromatic heterocycles. The molecule has 0 aliphatic carbocycles. The number of halogens is 1. The minimum atomic E-state index is -0.368. The van der Waals surface area contributed by atoms with E-state index < -0.39 is 0 Å². The Kier molecular flexibility index (Phi) is 9.12. The van der Waals surface area contributed by atoms with E-state index in [4.69, 9.17) is 11.6 Å². The lowest BCUT2D eigenvalue weighted by Crippen LogP contribution is -2.34. The van der Waals surface area contributed by atoms with Gasteiger partial charge < -0.3 is 15.2 Å². The van der Waals surface area contributed by atoms with Crippen molar-refractivity contribution in [3.63, 3.8) is 0 Å². The molecule has 0 radical (unpaired) electrons. The van der Waals surface area contributed by atoms with Crippen LogP contribution in [0, 0.1) is 19.8 Å². The molecule has 3 aromatic rings. The Labute approximate surface area is 215 Å². The van der Waals surface area contributed by atoms with E-state index in [1.165, 1.54) is 11.8 Å². The van der Waals surface area contributed by atoms with Crippen LogP contribution in [0.2, 0.25) is 5.02 Å². The Balaban J connectivity index is 1.76. The highest BCUT2D eigenvalue weighted by atomic mass is 35.5. The summed E-state index contributed by atoms with van der Waals surface area (Å²) in [5.74, 6) is 0.468. The smallest absolute Gasteiger partial charge is 0.251 e. The van der Waals surface area contributed by atoms with Gasteiger partial charge in [-0.3, -0.25) is 9.59 Å². The second-order valence-corrected chi connectivity index (χ2v) is 9.90. The molecule has 1 heterocycles. The number of hydrogen-bond donors (Lipinski definition) is 2. The molecule has 2 aromatic carbocycles. The highest BCUT2D eigenvalue weighted by molar-refractivity contribution is 7.99. The molecule has 9 heteroatoms. The van der Waals surface area contributed by atoms with Crippen molar-refractivity contribution < 1.29 is 9.59 Å². The average Bonchev–Trinajstić information content (AvgIpc) is 3.21. The minimum Gasteiger partial charge on any atom is -0.342 e. The standard InChI is InChI=1S/C26H30ClN5O2S/c1-6-13-32-24(23(16(2)3)29-25(34)19-10-7-9-17(4)14-19)30-31-26(32)35-15-22(33)28-21-12-8-11-20(27)18(21)5/h6-12,14,16,23H,1,13,15H2,2-5H3,(H,28,33)(H,29,34)/t23-/m0/s1. The summed E-state index contributed by atoms with van der Waals surface area (Å²) in [6.45, 7) is 12.1. The summed E-state index contributed by atoms with van der Waals surface area (Å²) in [6, 6.07) is 12.5. The highest BCUT2D eigenvalue weighted by Crippen LogP contribution is 2.27. The Hall–Kier alpha value is -3.10. The second-order valence-electron chi connectivity index (χ2n) is 8.55. The Bertz CT molecular complexity index is 1220. The van der Waals surface area contributed by atoms with Crippen LogP contribution in [0.5, 0.6) is 0 Å². The number of aromatic nitrogens is 3. The molecule has 0 bridgehead atoms. The molecule has 0 saturated carbocycles. The maximum absolute atomic E-state index is 12.9. The van der Waals surface area contributed by atoms with Crippen LogP contribution in [0.25, 0.3) is 0 Å². The van der Waals surface area contributed by atoms with Gasteiger partial charge in [0, 0.05) is 22.8 Å². The maximum atomic E-state index is 12.9. The van der Waals surface area contributed by atoms with Gasteiger partial charge in [-0.1, -0.05) is 67.0 Å². The lowest BCUT2D eigenvalue weighted by molar-refractivity contribution is -0.113. The number of rotatable bonds is 10. The molecule has 2 N–H and O–H groups in total. The lowest BCUT2D eigenvalue weighted by atomic mass is 10.0. The van der Waals surface area contributed by atoms with Gasteiger partial charge in [-0.15, -0.1) is 16.8 Å². The van der Waals surface area contributed by atoms with Gasteiger partial charge in [0.25, 0.3) is 5.91 Å². The summed E-state index contributed by atoms with van der Waals surface area (Å²) in [5.41, 5.74) is 3.09. The number of amides is 2. The normalized spacial score (nSPS) is 11.8. The first-order valence-electron chi connectivity index (χ1n) is 11.3. The Morgan fingerprint density at radius 1 is 1.17 bits per heavy atom. The van der Waals surface area contributed by atoms with Gasteiger partial charge in [-0.05, 0) is 49.6 Å². The van der Waals surface area contributed by atoms with E-state index in [-0.39, 0.29) is 29.5 Å². The van der Waals surface area contributed by atoms with E-state index in [0.717, 1.165) is 11.1 Å². The van der Waals surface area contributed by atoms with Crippen molar-refractivity contribution in [2.75, 3.05) is 11.1 Å². The number of carbonyl (C=O) groups excluding carboxylic acids is 2. The first kappa shape index (κ1) is 26.5. The molecule has 0 spiro atoms. The number of hydrogen-bond acceptors (Lipinski definition) is 5. The first-order chi connectivity index (χ1) is 16.7. The van der Waals surface area contributed by atoms with E-state index >= 15 is 0 Å². The first-order valence-corrected chi connectivity index (χ1v) is 12.7. The van der Waals surface area contributed by atoms with Crippen LogP contribution in [0.3, 0.4) is 0 Å². The number of nitrogens with zero attached hydrogens (tertiary/aromatic N) is 3. The van der Waals surface area contributed by atoms with Crippen molar-refractivity contribution in [3.05, 3.63) is 82.7 Å². The van der Waals surface area contributed by atoms with Gasteiger partial charge in [-0.25, -0.2) is 0 Å². The SMILES string of the molecule is C=CCn1c(SCC(=O)Nc2cccc(Cl)c2C)nnc1[C@@H](NC(=O)c1cccc(C)c1)C(C)C. The fourth-order valence-corrected chi connectivity index (χ4v) is 4.47. The predicted octanol–water partition coefficient (Wildman–Crippen LogP) is 5.59. The third-order valence-corrected chi connectivity index (χ3v) is 6.82. The molecule has 1 atom stereocenters. The van der Waals surface area contributed by atoms with Gasteiger partial charge in [0.2, 0.25) is 5.91 Å². The fourth-order valence-electron chi connectivity index (χ4n) is 3.54. The number of carbonyl (C=O) groups is 2. The van der Waals surface area contributed by atoms with Gasteiger partial charge in [0.1, 0.15) is 0 Å². The van der Waals surface area contributed by atoms with Crippen LogP contribution in [-0.2, 0) is 11.3 Å². The highest BCUT2D eigenvalue weighted by Gasteiger charge is 2.26. The summed E-state index contributed by atoms with van der Waals surface area (Å²) >= 11 is 7.42. The number of allylic oxidation sites excluding steroid dienone is 1. The number of benzene rings is 2. The summed E-state index contributed by atoms with van der Waals surface area (Å²) < 4.78 is 1.89. The van der Waals surface area contributed by atoms with Gasteiger partial charge >= 0.3 is 0 Å². The number of nitrogens with one attached hydrogen (secondary N) is 2. The van der Waals surface area contributed by atoms with Crippen molar-refractivity contribution in [1.29, 1.82) is 0 Å². The molecule has 0 saturated heterocycles. The van der Waals surface area contributed by atoms with E-state index in [0.29, 0.717) is 33.8 Å². The fraction of sp³-hybridized carbons (Fsp3) is 0.308. The third-order valence-electron chi connectivity index (χ3n) is 5.44. The zero-order valence-corrected chi connectivity index (χ0v) is 21.9. The average molecular weight is 512 g/mol. The molecule has 3 rings (SSSR count). The predicted molar refractivity (Wildman–Crippen MR) is 142 cm³/mol. The lowest BCUT2D eigenvalue weighted by Gasteiger charge is -2.22. The number of thioether (sulfide) groups is 1. The molecule has 0 aliphatic heterocycles. The summed E-state index contributed by atoms with van der Waals surface area (Å²) in [4.78, 5) is 25.5. The molecule has 0 unspecified atom stereocenters. The van der Waals surface area contributed by atoms with Crippen molar-refractivity contribution in [3.8, 4) is 0 Å². The Morgan fingerprint density at radius 2 is 1.91 bits per heavy atom.